The minimum Gasteiger partial charge on any atom is -0.387 e. The summed E-state index contributed by atoms with van der Waals surface area (Å²) in [6.07, 6.45) is 8.55. The Balaban J connectivity index is 2.60. The van der Waals surface area contributed by atoms with Crippen molar-refractivity contribution in [1.82, 2.24) is 10.6 Å². The van der Waals surface area contributed by atoms with Crippen LogP contribution < -0.4 is 10.6 Å². The number of benzene rings is 1. The van der Waals surface area contributed by atoms with E-state index in [0.717, 1.165) is 27.9 Å². The van der Waals surface area contributed by atoms with Crippen molar-refractivity contribution in [2.75, 3.05) is 19.8 Å². The fourth-order valence-corrected chi connectivity index (χ4v) is 3.45. The maximum Gasteiger partial charge on any atom is 0.254 e. The van der Waals surface area contributed by atoms with Crippen LogP contribution in [0.4, 0.5) is 0 Å². The van der Waals surface area contributed by atoms with E-state index >= 15 is 0 Å². The zero-order chi connectivity index (χ0) is 20.7. The monoisotopic (exact) mass is 394 g/mol. The largest absolute Gasteiger partial charge is 0.387 e. The Hall–Kier alpha value is -2.79. The summed E-state index contributed by atoms with van der Waals surface area (Å²) in [5.41, 5.74) is 4.73. The number of likely N-dealkylation sites (N-methyl/N-ethyl adjacent to an activating group) is 1. The second-order valence-electron chi connectivity index (χ2n) is 6.31. The summed E-state index contributed by atoms with van der Waals surface area (Å²) in [5.74, 6) is -0.284. The van der Waals surface area contributed by atoms with E-state index in [1.54, 1.807) is 18.8 Å². The average molecular weight is 395 g/mol. The molecule has 0 bridgehead atoms. The lowest BCUT2D eigenvalue weighted by Crippen LogP contribution is -2.35. The van der Waals surface area contributed by atoms with Crippen LogP contribution in [0, 0.1) is 6.92 Å². The fourth-order valence-electron chi connectivity index (χ4n) is 3.01. The molecule has 1 aliphatic heterocycles. The maximum absolute atomic E-state index is 12.7. The molecule has 1 amide bonds. The van der Waals surface area contributed by atoms with Crippen LogP contribution >= 0.6 is 11.8 Å². The Labute approximate surface area is 171 Å². The van der Waals surface area contributed by atoms with Gasteiger partial charge in [0.15, 0.2) is 6.29 Å². The molecule has 0 saturated heterocycles. The van der Waals surface area contributed by atoms with Crippen LogP contribution in [0.25, 0.3) is 5.57 Å². The summed E-state index contributed by atoms with van der Waals surface area (Å²) in [4.78, 5) is 25.8. The number of hydrogen-bond donors (Lipinski definition) is 2. The highest BCUT2D eigenvalue weighted by molar-refractivity contribution is 8.02. The quantitative estimate of drug-likeness (QED) is 0.418. The van der Waals surface area contributed by atoms with Crippen LogP contribution in [0.3, 0.4) is 0 Å². The highest BCUT2D eigenvalue weighted by Gasteiger charge is 2.28. The Morgan fingerprint density at radius 1 is 1.25 bits per heavy atom. The van der Waals surface area contributed by atoms with Crippen LogP contribution in [-0.2, 0) is 9.59 Å². The van der Waals surface area contributed by atoms with Gasteiger partial charge in [0.25, 0.3) is 5.91 Å². The maximum atomic E-state index is 12.7. The van der Waals surface area contributed by atoms with Gasteiger partial charge >= 0.3 is 0 Å². The number of rotatable bonds is 7. The Bertz CT molecular complexity index is 903. The van der Waals surface area contributed by atoms with Gasteiger partial charge in [-0.3, -0.25) is 9.59 Å². The molecule has 1 aromatic rings. The lowest BCUT2D eigenvalue weighted by atomic mass is 9.89. The van der Waals surface area contributed by atoms with Crippen molar-refractivity contribution >= 4 is 29.5 Å². The Kier molecular flexibility index (Phi) is 7.64. The molecular weight excluding hydrogens is 368 g/mol. The van der Waals surface area contributed by atoms with Crippen molar-refractivity contribution in [3.8, 4) is 0 Å². The molecular formula is C23H26N2O2S. The SMILES string of the molecule is C=C(/C=C\C(=C/C)SC)/C(NC)=C1\C(=O)NCC(c2ccc(C)cc2)=C1C=O. The van der Waals surface area contributed by atoms with Gasteiger partial charge in [0.1, 0.15) is 0 Å². The third-order valence-electron chi connectivity index (χ3n) is 4.56. The van der Waals surface area contributed by atoms with Gasteiger partial charge in [-0.25, -0.2) is 0 Å². The van der Waals surface area contributed by atoms with Crippen LogP contribution in [0.2, 0.25) is 0 Å². The minimum atomic E-state index is -0.284. The predicted molar refractivity (Wildman–Crippen MR) is 119 cm³/mol. The molecule has 0 spiro atoms. The van der Waals surface area contributed by atoms with Crippen LogP contribution in [0.5, 0.6) is 0 Å². The van der Waals surface area contributed by atoms with Gasteiger partial charge in [-0.1, -0.05) is 48.6 Å². The highest BCUT2D eigenvalue weighted by Crippen LogP contribution is 2.29. The van der Waals surface area contributed by atoms with Crippen LogP contribution in [0.1, 0.15) is 18.1 Å². The number of hydrogen-bond acceptors (Lipinski definition) is 4. The summed E-state index contributed by atoms with van der Waals surface area (Å²) in [6.45, 7) is 8.38. The number of aldehydes is 1. The van der Waals surface area contributed by atoms with E-state index in [9.17, 15) is 9.59 Å². The second kappa shape index (κ2) is 9.95. The first kappa shape index (κ1) is 21.5. The summed E-state index contributed by atoms with van der Waals surface area (Å²) < 4.78 is 0. The third-order valence-corrected chi connectivity index (χ3v) is 5.40. The van der Waals surface area contributed by atoms with E-state index in [1.165, 1.54) is 0 Å². The molecule has 4 nitrogen and oxygen atoms in total. The summed E-state index contributed by atoms with van der Waals surface area (Å²) in [7, 11) is 1.72. The van der Waals surface area contributed by atoms with Gasteiger partial charge in [-0.05, 0) is 42.9 Å². The normalized spacial score (nSPS) is 16.9. The summed E-state index contributed by atoms with van der Waals surface area (Å²) in [5, 5.41) is 5.94. The van der Waals surface area contributed by atoms with Gasteiger partial charge in [-0.15, -0.1) is 11.8 Å². The van der Waals surface area contributed by atoms with Crippen molar-refractivity contribution in [2.45, 2.75) is 13.8 Å². The number of thioether (sulfide) groups is 1. The van der Waals surface area contributed by atoms with Gasteiger partial charge in [0.05, 0.1) is 11.3 Å². The van der Waals surface area contributed by atoms with E-state index in [4.69, 9.17) is 0 Å². The molecule has 0 saturated carbocycles. The number of carbonyl (C=O) groups is 2. The molecule has 2 rings (SSSR count). The van der Waals surface area contributed by atoms with Gasteiger partial charge < -0.3 is 10.6 Å². The molecule has 0 aromatic heterocycles. The predicted octanol–water partition coefficient (Wildman–Crippen LogP) is 3.93. The van der Waals surface area contributed by atoms with Crippen LogP contribution in [0.15, 0.2) is 76.4 Å². The Morgan fingerprint density at radius 2 is 1.93 bits per heavy atom. The fraction of sp³-hybridized carbons (Fsp3) is 0.217. The first-order valence-corrected chi connectivity index (χ1v) is 10.2. The van der Waals surface area contributed by atoms with E-state index in [2.05, 4.69) is 17.2 Å². The van der Waals surface area contributed by atoms with E-state index in [0.29, 0.717) is 29.0 Å². The van der Waals surface area contributed by atoms with Crippen molar-refractivity contribution in [3.05, 3.63) is 87.5 Å². The molecule has 2 N–H and O–H groups in total. The Morgan fingerprint density at radius 3 is 2.46 bits per heavy atom. The molecule has 0 fully saturated rings. The molecule has 0 radical (unpaired) electrons. The molecule has 1 heterocycles. The van der Waals surface area contributed by atoms with Crippen LogP contribution in [-0.4, -0.2) is 32.0 Å². The zero-order valence-electron chi connectivity index (χ0n) is 16.8. The third kappa shape index (κ3) is 4.73. The standard InChI is InChI=1S/C23H26N2O2S/c1-6-18(28-5)12-9-16(3)22(24-4)21-20(14-26)19(13-25-23(21)27)17-10-7-15(2)8-11-17/h6-12,14,24H,3,13H2,1-2,4-5H3,(H,25,27)/b12-9-,18-6+,22-21+. The van der Waals surface area contributed by atoms with Crippen molar-refractivity contribution in [1.29, 1.82) is 0 Å². The first-order chi connectivity index (χ1) is 13.5. The second-order valence-corrected chi connectivity index (χ2v) is 7.19. The minimum absolute atomic E-state index is 0.284. The van der Waals surface area contributed by atoms with Gasteiger partial charge in [0.2, 0.25) is 0 Å². The number of aryl methyl sites for hydroxylation is 1. The molecule has 1 aromatic carbocycles. The van der Waals surface area contributed by atoms with E-state index in [1.807, 2.05) is 62.6 Å². The van der Waals surface area contributed by atoms with E-state index in [-0.39, 0.29) is 5.91 Å². The lowest BCUT2D eigenvalue weighted by molar-refractivity contribution is -0.117. The van der Waals surface area contributed by atoms with Gasteiger partial charge in [0, 0.05) is 24.1 Å². The molecule has 146 valence electrons. The highest BCUT2D eigenvalue weighted by atomic mass is 32.2. The molecule has 28 heavy (non-hydrogen) atoms. The molecule has 0 atom stereocenters. The number of amides is 1. The first-order valence-electron chi connectivity index (χ1n) is 9.00. The summed E-state index contributed by atoms with van der Waals surface area (Å²) in [6, 6.07) is 7.92. The number of carbonyl (C=O) groups excluding carboxylic acids is 2. The molecule has 0 unspecified atom stereocenters. The van der Waals surface area contributed by atoms with Crippen molar-refractivity contribution in [3.63, 3.8) is 0 Å². The number of allylic oxidation sites excluding steroid dienone is 3. The molecule has 5 heteroatoms. The molecule has 1 aliphatic rings. The topological polar surface area (TPSA) is 58.2 Å². The van der Waals surface area contributed by atoms with Crippen molar-refractivity contribution in [2.24, 2.45) is 0 Å². The van der Waals surface area contributed by atoms with Gasteiger partial charge in [-0.2, -0.15) is 0 Å². The zero-order valence-corrected chi connectivity index (χ0v) is 17.6. The van der Waals surface area contributed by atoms with E-state index < -0.39 is 0 Å². The van der Waals surface area contributed by atoms with Crippen molar-refractivity contribution < 1.29 is 9.59 Å². The lowest BCUT2D eigenvalue weighted by Gasteiger charge is -2.24. The number of nitrogens with one attached hydrogen (secondary N) is 2. The smallest absolute Gasteiger partial charge is 0.254 e. The molecule has 0 aliphatic carbocycles. The average Bonchev–Trinajstić information content (AvgIpc) is 2.71. The summed E-state index contributed by atoms with van der Waals surface area (Å²) >= 11 is 1.62.